The number of ether oxygens (including phenoxy) is 1. The third-order valence-corrected chi connectivity index (χ3v) is 6.17. The van der Waals surface area contributed by atoms with E-state index in [4.69, 9.17) is 4.74 Å². The minimum Gasteiger partial charge on any atom is -0.465 e. The molecule has 8 heteroatoms. The van der Waals surface area contributed by atoms with Gasteiger partial charge in [0.05, 0.1) is 17.2 Å². The Bertz CT molecular complexity index is 1350. The molecule has 2 amide bonds. The van der Waals surface area contributed by atoms with Gasteiger partial charge in [-0.15, -0.1) is 0 Å². The molecule has 3 aromatic rings. The highest BCUT2D eigenvalue weighted by atomic mass is 19.1. The molecule has 176 valence electrons. The number of nitrogens with zero attached hydrogens (tertiary/aromatic N) is 2. The summed E-state index contributed by atoms with van der Waals surface area (Å²) >= 11 is 0. The molecule has 0 bridgehead atoms. The summed E-state index contributed by atoms with van der Waals surface area (Å²) in [6.07, 6.45) is 0.516. The Labute approximate surface area is 200 Å². The summed E-state index contributed by atoms with van der Waals surface area (Å²) in [5, 5.41) is 9.64. The second-order valence-corrected chi connectivity index (χ2v) is 8.44. The number of carboxylic acid groups (broad SMARTS) is 1. The lowest BCUT2D eigenvalue weighted by molar-refractivity contribution is 0.0254. The van der Waals surface area contributed by atoms with Gasteiger partial charge in [-0.3, -0.25) is 9.69 Å². The van der Waals surface area contributed by atoms with Crippen molar-refractivity contribution in [1.29, 1.82) is 0 Å². The molecule has 5 rings (SSSR count). The van der Waals surface area contributed by atoms with Gasteiger partial charge in [-0.1, -0.05) is 54.6 Å². The summed E-state index contributed by atoms with van der Waals surface area (Å²) in [7, 11) is 0. The van der Waals surface area contributed by atoms with E-state index in [9.17, 15) is 23.9 Å². The number of carbonyl (C=O) groups is 3. The molecule has 0 atom stereocenters. The zero-order valence-corrected chi connectivity index (χ0v) is 18.6. The zero-order valence-electron chi connectivity index (χ0n) is 18.6. The molecular formula is C27H21FN2O5. The van der Waals surface area contributed by atoms with Crippen molar-refractivity contribution < 1.29 is 28.6 Å². The highest BCUT2D eigenvalue weighted by molar-refractivity contribution is 6.06. The number of halogens is 1. The van der Waals surface area contributed by atoms with Gasteiger partial charge in [-0.2, -0.15) is 0 Å². The molecule has 0 unspecified atom stereocenters. The molecule has 7 nitrogen and oxygen atoms in total. The molecule has 0 saturated carbocycles. The van der Waals surface area contributed by atoms with Crippen molar-refractivity contribution in [3.05, 3.63) is 106 Å². The van der Waals surface area contributed by atoms with Gasteiger partial charge < -0.3 is 14.7 Å². The molecule has 35 heavy (non-hydrogen) atoms. The third kappa shape index (κ3) is 4.38. The normalized spacial score (nSPS) is 16.0. The van der Waals surface area contributed by atoms with Crippen molar-refractivity contribution in [2.75, 3.05) is 13.1 Å². The highest BCUT2D eigenvalue weighted by Gasteiger charge is 2.38. The lowest BCUT2D eigenvalue weighted by atomic mass is 10.0. The van der Waals surface area contributed by atoms with Gasteiger partial charge in [0.1, 0.15) is 11.6 Å². The average molecular weight is 472 g/mol. The van der Waals surface area contributed by atoms with Crippen LogP contribution in [-0.2, 0) is 11.3 Å². The number of benzene rings is 3. The van der Waals surface area contributed by atoms with Gasteiger partial charge in [-0.05, 0) is 35.4 Å². The van der Waals surface area contributed by atoms with Crippen molar-refractivity contribution in [1.82, 2.24) is 9.80 Å². The van der Waals surface area contributed by atoms with Crippen LogP contribution >= 0.6 is 0 Å². The number of likely N-dealkylation sites (tertiary alicyclic amines) is 1. The maximum absolute atomic E-state index is 14.6. The summed E-state index contributed by atoms with van der Waals surface area (Å²) in [5.41, 5.74) is 2.30. The maximum atomic E-state index is 14.6. The first kappa shape index (κ1) is 22.3. The SMILES string of the molecule is O=C1OC(=Cc2ccc(F)c(C(=O)N3CC(N(Cc4ccccc4)C(=O)O)C3)c2)c2ccccc21. The second-order valence-electron chi connectivity index (χ2n) is 8.44. The number of amides is 2. The van der Waals surface area contributed by atoms with Crippen LogP contribution < -0.4 is 0 Å². The summed E-state index contributed by atoms with van der Waals surface area (Å²) in [6, 6.07) is 19.9. The minimum atomic E-state index is -1.07. The Balaban J connectivity index is 1.31. The summed E-state index contributed by atoms with van der Waals surface area (Å²) in [5.74, 6) is -1.33. The van der Waals surface area contributed by atoms with Crippen LogP contribution in [0.1, 0.15) is 37.4 Å². The average Bonchev–Trinajstić information content (AvgIpc) is 3.14. The van der Waals surface area contributed by atoms with E-state index in [1.165, 1.54) is 28.0 Å². The number of rotatable bonds is 5. The predicted molar refractivity (Wildman–Crippen MR) is 126 cm³/mol. The molecule has 2 aliphatic rings. The van der Waals surface area contributed by atoms with Crippen LogP contribution in [0.2, 0.25) is 0 Å². The molecule has 1 saturated heterocycles. The lowest BCUT2D eigenvalue weighted by Crippen LogP contribution is -2.61. The topological polar surface area (TPSA) is 87.2 Å². The van der Waals surface area contributed by atoms with E-state index in [0.717, 1.165) is 5.56 Å². The van der Waals surface area contributed by atoms with E-state index >= 15 is 0 Å². The van der Waals surface area contributed by atoms with E-state index in [0.29, 0.717) is 22.4 Å². The Morgan fingerprint density at radius 1 is 1.03 bits per heavy atom. The Hall–Kier alpha value is -4.46. The van der Waals surface area contributed by atoms with Crippen LogP contribution in [0.4, 0.5) is 9.18 Å². The van der Waals surface area contributed by atoms with Crippen molar-refractivity contribution in [3.8, 4) is 0 Å². The van der Waals surface area contributed by atoms with Crippen molar-refractivity contribution >= 4 is 29.8 Å². The first-order valence-corrected chi connectivity index (χ1v) is 11.1. The van der Waals surface area contributed by atoms with E-state index in [1.807, 2.05) is 30.3 Å². The number of hydrogen-bond acceptors (Lipinski definition) is 4. The van der Waals surface area contributed by atoms with E-state index in [2.05, 4.69) is 0 Å². The summed E-state index contributed by atoms with van der Waals surface area (Å²) in [4.78, 5) is 39.5. The van der Waals surface area contributed by atoms with Gasteiger partial charge in [0, 0.05) is 25.2 Å². The molecular weight excluding hydrogens is 451 g/mol. The number of carbonyl (C=O) groups excluding carboxylic acids is 2. The molecule has 0 aliphatic carbocycles. The van der Waals surface area contributed by atoms with Gasteiger partial charge in [0.25, 0.3) is 5.91 Å². The fourth-order valence-corrected chi connectivity index (χ4v) is 4.26. The molecule has 2 heterocycles. The zero-order chi connectivity index (χ0) is 24.5. The standard InChI is InChI=1S/C27H21FN2O5/c28-23-11-10-18(13-24-20-8-4-5-9-21(20)26(32)35-24)12-22(23)25(31)29-15-19(16-29)30(27(33)34)14-17-6-2-1-3-7-17/h1-13,19H,14-16H2,(H,33,34). The highest BCUT2D eigenvalue weighted by Crippen LogP contribution is 2.31. The fraction of sp³-hybridized carbons (Fsp3) is 0.148. The van der Waals surface area contributed by atoms with Crippen molar-refractivity contribution in [2.45, 2.75) is 12.6 Å². The fourth-order valence-electron chi connectivity index (χ4n) is 4.26. The predicted octanol–water partition coefficient (Wildman–Crippen LogP) is 4.50. The molecule has 0 spiro atoms. The van der Waals surface area contributed by atoms with Crippen molar-refractivity contribution in [3.63, 3.8) is 0 Å². The van der Waals surface area contributed by atoms with Crippen LogP contribution in [-0.4, -0.2) is 52.0 Å². The Morgan fingerprint density at radius 2 is 1.71 bits per heavy atom. The van der Waals surface area contributed by atoms with Crippen molar-refractivity contribution in [2.24, 2.45) is 0 Å². The molecule has 1 N–H and O–H groups in total. The molecule has 2 aliphatic heterocycles. The van der Waals surface area contributed by atoms with Gasteiger partial charge in [-0.25, -0.2) is 14.0 Å². The monoisotopic (exact) mass is 472 g/mol. The Morgan fingerprint density at radius 3 is 2.43 bits per heavy atom. The number of fused-ring (bicyclic) bond motifs is 1. The second kappa shape index (κ2) is 9.06. The quantitative estimate of drug-likeness (QED) is 0.553. The van der Waals surface area contributed by atoms with E-state index in [-0.39, 0.29) is 31.2 Å². The van der Waals surface area contributed by atoms with E-state index < -0.39 is 23.8 Å². The van der Waals surface area contributed by atoms with Crippen LogP contribution in [0.5, 0.6) is 0 Å². The van der Waals surface area contributed by atoms with Crippen LogP contribution in [0.25, 0.3) is 11.8 Å². The van der Waals surface area contributed by atoms with Gasteiger partial charge in [0.15, 0.2) is 0 Å². The molecule has 0 aromatic heterocycles. The number of esters is 1. The van der Waals surface area contributed by atoms with Gasteiger partial charge in [0.2, 0.25) is 0 Å². The smallest absolute Gasteiger partial charge is 0.407 e. The first-order valence-electron chi connectivity index (χ1n) is 11.1. The molecule has 3 aromatic carbocycles. The molecule has 1 fully saturated rings. The first-order chi connectivity index (χ1) is 16.9. The third-order valence-electron chi connectivity index (χ3n) is 6.17. The summed E-state index contributed by atoms with van der Waals surface area (Å²) < 4.78 is 19.9. The maximum Gasteiger partial charge on any atom is 0.407 e. The van der Waals surface area contributed by atoms with Gasteiger partial charge >= 0.3 is 12.1 Å². The lowest BCUT2D eigenvalue weighted by Gasteiger charge is -2.44. The number of cyclic esters (lactones) is 1. The van der Waals surface area contributed by atoms with Crippen LogP contribution in [0, 0.1) is 5.82 Å². The number of hydrogen-bond donors (Lipinski definition) is 1. The van der Waals surface area contributed by atoms with Crippen LogP contribution in [0.15, 0.2) is 72.8 Å². The summed E-state index contributed by atoms with van der Waals surface area (Å²) in [6.45, 7) is 0.557. The Kier molecular flexibility index (Phi) is 5.78. The minimum absolute atomic E-state index is 0.125. The van der Waals surface area contributed by atoms with E-state index in [1.54, 1.807) is 30.3 Å². The largest absolute Gasteiger partial charge is 0.465 e. The van der Waals surface area contributed by atoms with Crippen LogP contribution in [0.3, 0.4) is 0 Å². The molecule has 0 radical (unpaired) electrons.